The number of ether oxygens (including phenoxy) is 7. The quantitative estimate of drug-likeness (QED) is 0.0693. The molecule has 0 amide bonds. The van der Waals surface area contributed by atoms with Gasteiger partial charge in [-0.3, -0.25) is 0 Å². The van der Waals surface area contributed by atoms with Crippen molar-refractivity contribution in [2.45, 2.75) is 85.5 Å². The van der Waals surface area contributed by atoms with Gasteiger partial charge in [0.1, 0.15) is 67.1 Å². The van der Waals surface area contributed by atoms with E-state index in [2.05, 4.69) is 0 Å². The number of carbonyl (C=O) groups excluding carboxylic acids is 1. The van der Waals surface area contributed by atoms with Crippen molar-refractivity contribution in [2.24, 2.45) is 11.8 Å². The second-order valence-electron chi connectivity index (χ2n) is 11.9. The molecule has 1 aromatic carbocycles. The molecular weight excluding hydrogens is 616 g/mol. The summed E-state index contributed by atoms with van der Waals surface area (Å²) in [6.45, 7) is -1.64. The molecule has 1 aromatic rings. The number of epoxide rings is 1. The van der Waals surface area contributed by atoms with Gasteiger partial charge in [-0.1, -0.05) is 30.3 Å². The first-order valence-electron chi connectivity index (χ1n) is 14.9. The van der Waals surface area contributed by atoms with E-state index in [1.54, 1.807) is 30.3 Å². The van der Waals surface area contributed by atoms with Crippen LogP contribution < -0.4 is 0 Å². The predicted molar refractivity (Wildman–Crippen MR) is 149 cm³/mol. The van der Waals surface area contributed by atoms with Gasteiger partial charge in [0.15, 0.2) is 12.6 Å². The molecule has 5 aliphatic rings. The van der Waals surface area contributed by atoms with Crippen molar-refractivity contribution < 1.29 is 78.8 Å². The molecule has 8 N–H and O–H groups in total. The highest BCUT2D eigenvalue weighted by atomic mass is 16.8. The van der Waals surface area contributed by atoms with Gasteiger partial charge in [0.2, 0.25) is 6.29 Å². The Morgan fingerprint density at radius 2 is 1.48 bits per heavy atom. The van der Waals surface area contributed by atoms with E-state index in [4.69, 9.17) is 33.2 Å². The van der Waals surface area contributed by atoms with Crippen LogP contribution in [-0.4, -0.2) is 152 Å². The molecule has 4 fully saturated rings. The zero-order valence-corrected chi connectivity index (χ0v) is 24.3. The highest BCUT2D eigenvalue weighted by Gasteiger charge is 2.77. The van der Waals surface area contributed by atoms with Gasteiger partial charge in [-0.05, 0) is 17.7 Å². The second-order valence-corrected chi connectivity index (χ2v) is 11.9. The van der Waals surface area contributed by atoms with Crippen LogP contribution in [0.5, 0.6) is 0 Å². The van der Waals surface area contributed by atoms with Crippen LogP contribution in [0, 0.1) is 11.8 Å². The molecule has 1 unspecified atom stereocenters. The Morgan fingerprint density at radius 3 is 2.15 bits per heavy atom. The molecule has 3 saturated heterocycles. The van der Waals surface area contributed by atoms with Crippen molar-refractivity contribution in [1.82, 2.24) is 0 Å². The molecule has 1 saturated carbocycles. The largest absolute Gasteiger partial charge is 0.472 e. The number of hydrogen-bond donors (Lipinski definition) is 8. The standard InChI is InChI=1S/C30H38O16/c31-10-15-19(34)21(36)23(38)28(42-15)44-25-14-8-9-40-27(18(14)30(12-32)26(25)46-30)45-29-24(39)22(37)20(35)16(43-29)11-41-17(33)7-6-13-4-2-1-3-5-13/h1-9,14-16,18-29,31-32,34-39H,10-12H2/b7-6+/t14?,15-,16-,18-,19-,20-,21+,22+,23-,24-,25+,26+,27+,28+,29+,30-/m1/s1. The summed E-state index contributed by atoms with van der Waals surface area (Å²) < 4.78 is 39.9. The van der Waals surface area contributed by atoms with E-state index in [1.807, 2.05) is 6.07 Å². The van der Waals surface area contributed by atoms with Crippen molar-refractivity contribution in [3.05, 3.63) is 54.3 Å². The fourth-order valence-corrected chi connectivity index (χ4v) is 6.57. The average Bonchev–Trinajstić information content (AvgIpc) is 3.74. The maximum atomic E-state index is 12.3. The number of carbonyl (C=O) groups is 1. The highest BCUT2D eigenvalue weighted by Crippen LogP contribution is 2.61. The van der Waals surface area contributed by atoms with E-state index in [1.165, 1.54) is 18.4 Å². The van der Waals surface area contributed by atoms with Crippen LogP contribution in [-0.2, 0) is 38.0 Å². The minimum Gasteiger partial charge on any atom is -0.472 e. The molecule has 16 heteroatoms. The Labute approximate surface area is 262 Å². The Kier molecular flexibility index (Phi) is 9.80. The maximum absolute atomic E-state index is 12.3. The van der Waals surface area contributed by atoms with Crippen molar-refractivity contribution in [1.29, 1.82) is 0 Å². The zero-order valence-electron chi connectivity index (χ0n) is 24.3. The number of benzene rings is 1. The summed E-state index contributed by atoms with van der Waals surface area (Å²) in [5, 5.41) is 82.5. The number of fused-ring (bicyclic) bond motifs is 3. The molecule has 1 aliphatic carbocycles. The number of esters is 1. The first kappa shape index (κ1) is 33.4. The van der Waals surface area contributed by atoms with Crippen LogP contribution in [0.15, 0.2) is 48.7 Å². The molecule has 4 aliphatic heterocycles. The molecular formula is C30H38O16. The van der Waals surface area contributed by atoms with Gasteiger partial charge in [-0.25, -0.2) is 4.79 Å². The van der Waals surface area contributed by atoms with Crippen LogP contribution in [0.2, 0.25) is 0 Å². The third-order valence-corrected chi connectivity index (χ3v) is 9.16. The van der Waals surface area contributed by atoms with Gasteiger partial charge >= 0.3 is 5.97 Å². The van der Waals surface area contributed by atoms with E-state index in [9.17, 15) is 45.6 Å². The molecule has 16 atom stereocenters. The molecule has 0 bridgehead atoms. The van der Waals surface area contributed by atoms with E-state index in [-0.39, 0.29) is 0 Å². The van der Waals surface area contributed by atoms with Crippen molar-refractivity contribution in [3.8, 4) is 0 Å². The van der Waals surface area contributed by atoms with Crippen LogP contribution >= 0.6 is 0 Å². The van der Waals surface area contributed by atoms with Gasteiger partial charge in [0.25, 0.3) is 0 Å². The van der Waals surface area contributed by atoms with Gasteiger partial charge in [-0.2, -0.15) is 0 Å². The van der Waals surface area contributed by atoms with Crippen molar-refractivity contribution in [2.75, 3.05) is 19.8 Å². The topological polar surface area (TPSA) is 247 Å². The Hall–Kier alpha value is -2.55. The molecule has 254 valence electrons. The summed E-state index contributed by atoms with van der Waals surface area (Å²) >= 11 is 0. The normalized spacial score (nSPS) is 46.4. The molecule has 16 nitrogen and oxygen atoms in total. The number of aliphatic hydroxyl groups excluding tert-OH is 8. The van der Waals surface area contributed by atoms with E-state index >= 15 is 0 Å². The van der Waals surface area contributed by atoms with Crippen LogP contribution in [0.4, 0.5) is 0 Å². The molecule has 6 rings (SSSR count). The van der Waals surface area contributed by atoms with Crippen LogP contribution in [0.1, 0.15) is 5.56 Å². The van der Waals surface area contributed by atoms with E-state index < -0.39 is 123 Å². The van der Waals surface area contributed by atoms with Crippen LogP contribution in [0.3, 0.4) is 0 Å². The molecule has 4 heterocycles. The third kappa shape index (κ3) is 6.10. The molecule has 0 radical (unpaired) electrons. The van der Waals surface area contributed by atoms with E-state index in [0.717, 1.165) is 5.56 Å². The average molecular weight is 655 g/mol. The lowest BCUT2D eigenvalue weighted by Gasteiger charge is -2.44. The number of hydrogen-bond acceptors (Lipinski definition) is 16. The highest BCUT2D eigenvalue weighted by molar-refractivity contribution is 5.87. The Bertz CT molecular complexity index is 1260. The van der Waals surface area contributed by atoms with Crippen molar-refractivity contribution >= 4 is 12.0 Å². The summed E-state index contributed by atoms with van der Waals surface area (Å²) in [6, 6.07) is 9.00. The summed E-state index contributed by atoms with van der Waals surface area (Å²) in [6.07, 6.45) is -12.9. The fourth-order valence-electron chi connectivity index (χ4n) is 6.57. The lowest BCUT2D eigenvalue weighted by molar-refractivity contribution is -0.347. The fraction of sp³-hybridized carbons (Fsp3) is 0.633. The second kappa shape index (κ2) is 13.5. The van der Waals surface area contributed by atoms with Crippen LogP contribution in [0.25, 0.3) is 6.08 Å². The third-order valence-electron chi connectivity index (χ3n) is 9.16. The SMILES string of the molecule is O=C(/C=C/c1ccccc1)OC[C@H]1O[C@@H](O[C@@H]2OC=CC3[C@H]2[C@@]2(CO)O[C@H]2[C@H]3O[C@@H]2O[C@H](CO)[C@@H](O)[C@H](O)[C@H]2O)[C@H](O)[C@@H](O)[C@@H]1O. The minimum absolute atomic E-state index is 0.485. The number of aliphatic hydroxyl groups is 8. The molecule has 46 heavy (non-hydrogen) atoms. The Balaban J connectivity index is 1.12. The first-order chi connectivity index (χ1) is 22.1. The lowest BCUT2D eigenvalue weighted by atomic mass is 9.85. The molecule has 0 spiro atoms. The number of rotatable bonds is 10. The minimum atomic E-state index is -1.75. The van der Waals surface area contributed by atoms with Crippen molar-refractivity contribution in [3.63, 3.8) is 0 Å². The monoisotopic (exact) mass is 654 g/mol. The molecule has 0 aromatic heterocycles. The maximum Gasteiger partial charge on any atom is 0.330 e. The Morgan fingerprint density at radius 1 is 0.826 bits per heavy atom. The predicted octanol–water partition coefficient (Wildman–Crippen LogP) is -3.50. The summed E-state index contributed by atoms with van der Waals surface area (Å²) in [5.74, 6) is -2.12. The zero-order chi connectivity index (χ0) is 32.7. The summed E-state index contributed by atoms with van der Waals surface area (Å²) in [5.41, 5.74) is -0.494. The summed E-state index contributed by atoms with van der Waals surface area (Å²) in [7, 11) is 0. The first-order valence-corrected chi connectivity index (χ1v) is 14.9. The summed E-state index contributed by atoms with van der Waals surface area (Å²) in [4.78, 5) is 12.3. The van der Waals surface area contributed by atoms with Gasteiger partial charge in [0.05, 0.1) is 31.5 Å². The van der Waals surface area contributed by atoms with Gasteiger partial charge in [0, 0.05) is 12.0 Å². The smallest absolute Gasteiger partial charge is 0.330 e. The van der Waals surface area contributed by atoms with E-state index in [0.29, 0.717) is 0 Å². The van der Waals surface area contributed by atoms with Gasteiger partial charge < -0.3 is 74.0 Å². The van der Waals surface area contributed by atoms with Gasteiger partial charge in [-0.15, -0.1) is 0 Å². The lowest BCUT2D eigenvalue weighted by Crippen LogP contribution is -2.61.